The van der Waals surface area contributed by atoms with Gasteiger partial charge in [-0.3, -0.25) is 0 Å². The smallest absolute Gasteiger partial charge is 0.183 e. The highest BCUT2D eigenvalue weighted by Gasteiger charge is 2.55. The molecule has 0 N–H and O–H groups in total. The fraction of sp³-hybridized carbons (Fsp3) is 1.00. The molecule has 0 aromatic rings. The first-order valence-electron chi connectivity index (χ1n) is 1.40. The van der Waals surface area contributed by atoms with Gasteiger partial charge >= 0.3 is 10.9 Å². The minimum Gasteiger partial charge on any atom is -0.183 e. The standard InChI is InChI=1S/C2BrF4O/c3-1(4,5)2(6,7)8. The molecular weight excluding hydrogens is 196 g/mol. The molecule has 6 heteroatoms. The maximum atomic E-state index is 11.1. The summed E-state index contributed by atoms with van der Waals surface area (Å²) >= 11 is 1.20. The van der Waals surface area contributed by atoms with Crippen LogP contribution in [0.15, 0.2) is 0 Å². The summed E-state index contributed by atoms with van der Waals surface area (Å²) in [5.74, 6) is 0. The predicted molar refractivity (Wildman–Crippen MR) is 19.5 cm³/mol. The SMILES string of the molecule is [O]C(F)(F)C(F)(F)Br. The summed E-state index contributed by atoms with van der Waals surface area (Å²) < 4.78 is 43.9. The molecule has 49 valence electrons. The minimum absolute atomic E-state index is 1.20. The van der Waals surface area contributed by atoms with E-state index < -0.39 is 10.9 Å². The molecule has 0 amide bonds. The molecular formula is C2BrF4O. The highest BCUT2D eigenvalue weighted by atomic mass is 79.9. The second kappa shape index (κ2) is 1.84. The third-order valence-electron chi connectivity index (χ3n) is 0.330. The van der Waals surface area contributed by atoms with Crippen LogP contribution in [-0.4, -0.2) is 10.9 Å². The van der Waals surface area contributed by atoms with Gasteiger partial charge in [0.2, 0.25) is 0 Å². The van der Waals surface area contributed by atoms with Crippen molar-refractivity contribution in [2.24, 2.45) is 0 Å². The van der Waals surface area contributed by atoms with Crippen LogP contribution in [0.2, 0.25) is 0 Å². The van der Waals surface area contributed by atoms with Gasteiger partial charge in [-0.05, 0) is 0 Å². The molecule has 0 aromatic heterocycles. The van der Waals surface area contributed by atoms with Crippen LogP contribution in [0.4, 0.5) is 17.6 Å². The van der Waals surface area contributed by atoms with Crippen molar-refractivity contribution in [1.82, 2.24) is 0 Å². The number of alkyl halides is 5. The Morgan fingerprint density at radius 3 is 1.25 bits per heavy atom. The van der Waals surface area contributed by atoms with Crippen molar-refractivity contribution in [1.29, 1.82) is 0 Å². The van der Waals surface area contributed by atoms with Gasteiger partial charge in [0.15, 0.2) is 0 Å². The van der Waals surface area contributed by atoms with E-state index in [9.17, 15) is 17.6 Å². The molecule has 0 rings (SSSR count). The molecule has 0 aliphatic rings. The number of halogens is 5. The maximum Gasteiger partial charge on any atom is 0.456 e. The largest absolute Gasteiger partial charge is 0.456 e. The van der Waals surface area contributed by atoms with Crippen molar-refractivity contribution in [2.75, 3.05) is 0 Å². The fourth-order valence-corrected chi connectivity index (χ4v) is 0. The minimum atomic E-state index is -5.23. The van der Waals surface area contributed by atoms with E-state index in [4.69, 9.17) is 5.11 Å². The van der Waals surface area contributed by atoms with Crippen LogP contribution in [0.3, 0.4) is 0 Å². The van der Waals surface area contributed by atoms with Crippen LogP contribution in [-0.2, 0) is 5.11 Å². The summed E-state index contributed by atoms with van der Waals surface area (Å²) in [5, 5.41) is 8.99. The van der Waals surface area contributed by atoms with Crippen LogP contribution in [0.1, 0.15) is 0 Å². The molecule has 0 aliphatic heterocycles. The van der Waals surface area contributed by atoms with Crippen molar-refractivity contribution >= 4 is 15.9 Å². The van der Waals surface area contributed by atoms with Gasteiger partial charge < -0.3 is 0 Å². The van der Waals surface area contributed by atoms with Crippen LogP contribution >= 0.6 is 15.9 Å². The second-order valence-electron chi connectivity index (χ2n) is 1.01. The lowest BCUT2D eigenvalue weighted by Gasteiger charge is -2.10. The van der Waals surface area contributed by atoms with E-state index in [1.807, 2.05) is 0 Å². The van der Waals surface area contributed by atoms with Crippen LogP contribution < -0.4 is 0 Å². The van der Waals surface area contributed by atoms with Gasteiger partial charge in [-0.1, -0.05) is 0 Å². The molecule has 0 atom stereocenters. The Morgan fingerprint density at radius 1 is 1.12 bits per heavy atom. The highest BCUT2D eigenvalue weighted by Crippen LogP contribution is 2.37. The predicted octanol–water partition coefficient (Wildman–Crippen LogP) is 2.00. The molecule has 0 saturated carbocycles. The third-order valence-corrected chi connectivity index (χ3v) is 0.792. The summed E-state index contributed by atoms with van der Waals surface area (Å²) in [6.45, 7) is 0. The second-order valence-corrected chi connectivity index (χ2v) is 2.01. The zero-order valence-electron chi connectivity index (χ0n) is 3.30. The van der Waals surface area contributed by atoms with E-state index in [1.54, 1.807) is 0 Å². The van der Waals surface area contributed by atoms with Gasteiger partial charge in [0, 0.05) is 15.9 Å². The van der Waals surface area contributed by atoms with E-state index in [0.29, 0.717) is 0 Å². The monoisotopic (exact) mass is 195 g/mol. The van der Waals surface area contributed by atoms with Gasteiger partial charge in [-0.15, -0.1) is 5.11 Å². The topological polar surface area (TPSA) is 19.9 Å². The summed E-state index contributed by atoms with van der Waals surface area (Å²) in [4.78, 5) is -4.64. The molecule has 0 saturated heterocycles. The molecule has 0 bridgehead atoms. The van der Waals surface area contributed by atoms with Crippen molar-refractivity contribution in [3.63, 3.8) is 0 Å². The van der Waals surface area contributed by atoms with E-state index >= 15 is 0 Å². The summed E-state index contributed by atoms with van der Waals surface area (Å²) in [7, 11) is 0. The van der Waals surface area contributed by atoms with E-state index in [2.05, 4.69) is 0 Å². The van der Waals surface area contributed by atoms with Gasteiger partial charge in [0.25, 0.3) is 0 Å². The fourth-order valence-electron chi connectivity index (χ4n) is 0. The molecule has 0 aliphatic carbocycles. The molecule has 0 fully saturated rings. The lowest BCUT2D eigenvalue weighted by molar-refractivity contribution is -0.317. The molecule has 1 radical (unpaired) electrons. The summed E-state index contributed by atoms with van der Waals surface area (Å²) in [6.07, 6.45) is -5.23. The zero-order valence-corrected chi connectivity index (χ0v) is 4.88. The third kappa shape index (κ3) is 1.95. The van der Waals surface area contributed by atoms with Crippen LogP contribution in [0, 0.1) is 0 Å². The lowest BCUT2D eigenvalue weighted by atomic mass is 10.7. The average molecular weight is 196 g/mol. The van der Waals surface area contributed by atoms with E-state index in [1.165, 1.54) is 15.9 Å². The van der Waals surface area contributed by atoms with Gasteiger partial charge in [-0.25, -0.2) is 0 Å². The summed E-state index contributed by atoms with van der Waals surface area (Å²) in [5.41, 5.74) is 0. The Morgan fingerprint density at radius 2 is 1.25 bits per heavy atom. The Balaban J connectivity index is 4.02. The number of rotatable bonds is 1. The lowest BCUT2D eigenvalue weighted by Crippen LogP contribution is -2.32. The van der Waals surface area contributed by atoms with Gasteiger partial charge in [-0.2, -0.15) is 17.6 Å². The van der Waals surface area contributed by atoms with Crippen LogP contribution in [0.5, 0.6) is 0 Å². The van der Waals surface area contributed by atoms with E-state index in [0.717, 1.165) is 0 Å². The Labute approximate surface area is 50.4 Å². The first-order chi connectivity index (χ1) is 3.25. The normalized spacial score (nSPS) is 14.2. The quantitative estimate of drug-likeness (QED) is 0.451. The highest BCUT2D eigenvalue weighted by molar-refractivity contribution is 9.10. The first kappa shape index (κ1) is 8.16. The van der Waals surface area contributed by atoms with Gasteiger partial charge in [0.1, 0.15) is 0 Å². The van der Waals surface area contributed by atoms with E-state index in [-0.39, 0.29) is 0 Å². The molecule has 0 heterocycles. The molecule has 0 spiro atoms. The van der Waals surface area contributed by atoms with Crippen molar-refractivity contribution < 1.29 is 22.7 Å². The average Bonchev–Trinajstić information content (AvgIpc) is 1.25. The Hall–Kier alpha value is 0.160. The molecule has 1 nitrogen and oxygen atoms in total. The van der Waals surface area contributed by atoms with Crippen LogP contribution in [0.25, 0.3) is 0 Å². The molecule has 0 unspecified atom stereocenters. The van der Waals surface area contributed by atoms with Crippen molar-refractivity contribution in [3.05, 3.63) is 0 Å². The maximum absolute atomic E-state index is 11.1. The number of hydrogen-bond acceptors (Lipinski definition) is 0. The Bertz CT molecular complexity index is 69.0. The Kier molecular flexibility index (Phi) is 1.87. The molecule has 0 aromatic carbocycles. The van der Waals surface area contributed by atoms with Crippen molar-refractivity contribution in [2.45, 2.75) is 10.9 Å². The number of hydrogen-bond donors (Lipinski definition) is 0. The molecule has 8 heavy (non-hydrogen) atoms. The van der Waals surface area contributed by atoms with Gasteiger partial charge in [0.05, 0.1) is 0 Å². The summed E-state index contributed by atoms with van der Waals surface area (Å²) in [6, 6.07) is 0. The van der Waals surface area contributed by atoms with Crippen molar-refractivity contribution in [3.8, 4) is 0 Å². The first-order valence-corrected chi connectivity index (χ1v) is 2.19. The zero-order chi connectivity index (χ0) is 7.00.